The molecule has 2 aliphatic heterocycles. The number of H-pyrrole nitrogens is 1. The number of carbonyl (C=O) groups excluding carboxylic acids is 1. The minimum Gasteiger partial charge on any atom is -0.497 e. The van der Waals surface area contributed by atoms with E-state index in [1.54, 1.807) is 7.11 Å². The third-order valence-corrected chi connectivity index (χ3v) is 6.72. The molecule has 0 radical (unpaired) electrons. The lowest BCUT2D eigenvalue weighted by molar-refractivity contribution is 0.0496. The van der Waals surface area contributed by atoms with Crippen LogP contribution in [0.1, 0.15) is 40.5 Å². The molecular weight excluding hydrogens is 362 g/mol. The zero-order valence-electron chi connectivity index (χ0n) is 17.0. The zero-order valence-corrected chi connectivity index (χ0v) is 17.0. The summed E-state index contributed by atoms with van der Waals surface area (Å²) in [6.45, 7) is 2.13. The highest BCUT2D eigenvalue weighted by Gasteiger charge is 2.37. The first-order valence-corrected chi connectivity index (χ1v) is 10.4. The first-order valence-electron chi connectivity index (χ1n) is 10.4. The van der Waals surface area contributed by atoms with Crippen molar-refractivity contribution in [1.29, 1.82) is 0 Å². The Morgan fingerprint density at radius 2 is 1.93 bits per heavy atom. The molecule has 2 aromatic carbocycles. The molecule has 5 heteroatoms. The molecule has 29 heavy (non-hydrogen) atoms. The van der Waals surface area contributed by atoms with Gasteiger partial charge < -0.3 is 14.6 Å². The summed E-state index contributed by atoms with van der Waals surface area (Å²) in [5.41, 5.74) is 4.76. The smallest absolute Gasteiger partial charge is 0.253 e. The van der Waals surface area contributed by atoms with Crippen molar-refractivity contribution in [2.75, 3.05) is 27.2 Å². The Balaban J connectivity index is 1.39. The van der Waals surface area contributed by atoms with Gasteiger partial charge in [-0.05, 0) is 55.2 Å². The molecule has 3 heterocycles. The summed E-state index contributed by atoms with van der Waals surface area (Å²) in [6.07, 6.45) is 3.09. The number of methoxy groups -OCH3 is 1. The molecule has 2 atom stereocenters. The van der Waals surface area contributed by atoms with Crippen LogP contribution in [0.2, 0.25) is 0 Å². The maximum Gasteiger partial charge on any atom is 0.253 e. The maximum atomic E-state index is 13.1. The van der Waals surface area contributed by atoms with E-state index >= 15 is 0 Å². The molecule has 0 saturated carbocycles. The molecular formula is C24H27N3O2. The molecule has 1 N–H and O–H groups in total. The summed E-state index contributed by atoms with van der Waals surface area (Å²) in [7, 11) is 3.58. The van der Waals surface area contributed by atoms with Crippen LogP contribution in [0.15, 0.2) is 48.5 Å². The fourth-order valence-electron chi connectivity index (χ4n) is 5.05. The lowest BCUT2D eigenvalue weighted by Gasteiger charge is -2.44. The second-order valence-electron chi connectivity index (χ2n) is 8.19. The van der Waals surface area contributed by atoms with Gasteiger partial charge in [-0.2, -0.15) is 0 Å². The predicted octanol–water partition coefficient (Wildman–Crippen LogP) is 4.01. The summed E-state index contributed by atoms with van der Waals surface area (Å²) >= 11 is 0. The van der Waals surface area contributed by atoms with Gasteiger partial charge in [0.15, 0.2) is 0 Å². The Kier molecular flexibility index (Phi) is 4.55. The van der Waals surface area contributed by atoms with Gasteiger partial charge in [-0.25, -0.2) is 0 Å². The van der Waals surface area contributed by atoms with E-state index in [1.807, 2.05) is 36.2 Å². The SMILES string of the molecule is COc1ccc(C(=O)N(C)[C@@H]2CCN3CCc4c([nH]c5ccccc45)[C@@H]3C2)cc1. The van der Waals surface area contributed by atoms with Gasteiger partial charge in [0, 0.05) is 48.3 Å². The number of rotatable bonds is 3. The molecule has 0 unspecified atom stereocenters. The number of nitrogens with zero attached hydrogens (tertiary/aromatic N) is 2. The second-order valence-corrected chi connectivity index (χ2v) is 8.19. The second kappa shape index (κ2) is 7.23. The number of ether oxygens (including phenoxy) is 1. The minimum absolute atomic E-state index is 0.0822. The van der Waals surface area contributed by atoms with Gasteiger partial charge >= 0.3 is 0 Å². The number of aromatic amines is 1. The fraction of sp³-hybridized carbons (Fsp3) is 0.375. The van der Waals surface area contributed by atoms with E-state index in [2.05, 4.69) is 34.1 Å². The van der Waals surface area contributed by atoms with Crippen LogP contribution in [0.25, 0.3) is 10.9 Å². The van der Waals surface area contributed by atoms with Gasteiger partial charge in [0.1, 0.15) is 5.75 Å². The third kappa shape index (κ3) is 3.10. The molecule has 1 fully saturated rings. The Hall–Kier alpha value is -2.79. The van der Waals surface area contributed by atoms with Crippen LogP contribution in [-0.4, -0.2) is 54.0 Å². The van der Waals surface area contributed by atoms with E-state index in [0.29, 0.717) is 11.6 Å². The molecule has 0 aliphatic carbocycles. The van der Waals surface area contributed by atoms with Crippen LogP contribution in [0, 0.1) is 0 Å². The standard InChI is InChI=1S/C24H27N3O2/c1-26(24(28)16-7-9-18(29-2)10-8-16)17-11-13-27-14-12-20-19-5-3-4-6-21(19)25-23(20)22(27)15-17/h3-10,17,22,25H,11-15H2,1-2H3/t17-,22+/m1/s1. The number of nitrogens with one attached hydrogen (secondary N) is 1. The van der Waals surface area contributed by atoms with Crippen molar-refractivity contribution < 1.29 is 9.53 Å². The number of para-hydroxylation sites is 1. The van der Waals surface area contributed by atoms with Gasteiger partial charge in [0.05, 0.1) is 13.2 Å². The topological polar surface area (TPSA) is 48.6 Å². The summed E-state index contributed by atoms with van der Waals surface area (Å²) < 4.78 is 5.21. The molecule has 1 saturated heterocycles. The van der Waals surface area contributed by atoms with Gasteiger partial charge in [0.25, 0.3) is 5.91 Å². The molecule has 2 aliphatic rings. The quantitative estimate of drug-likeness (QED) is 0.736. The number of amides is 1. The van der Waals surface area contributed by atoms with Crippen molar-refractivity contribution in [1.82, 2.24) is 14.8 Å². The van der Waals surface area contributed by atoms with E-state index in [4.69, 9.17) is 4.74 Å². The van der Waals surface area contributed by atoms with Gasteiger partial charge in [-0.15, -0.1) is 0 Å². The van der Waals surface area contributed by atoms with Crippen molar-refractivity contribution >= 4 is 16.8 Å². The molecule has 0 spiro atoms. The largest absolute Gasteiger partial charge is 0.497 e. The van der Waals surface area contributed by atoms with E-state index in [1.165, 1.54) is 22.2 Å². The molecule has 0 bridgehead atoms. The lowest BCUT2D eigenvalue weighted by atomic mass is 9.87. The third-order valence-electron chi connectivity index (χ3n) is 6.72. The van der Waals surface area contributed by atoms with Gasteiger partial charge in [-0.1, -0.05) is 18.2 Å². The predicted molar refractivity (Wildman–Crippen MR) is 114 cm³/mol. The zero-order chi connectivity index (χ0) is 20.0. The molecule has 1 amide bonds. The fourth-order valence-corrected chi connectivity index (χ4v) is 5.05. The number of hydrogen-bond acceptors (Lipinski definition) is 3. The van der Waals surface area contributed by atoms with Crippen LogP contribution < -0.4 is 4.74 Å². The number of fused-ring (bicyclic) bond motifs is 5. The minimum atomic E-state index is 0.0822. The van der Waals surface area contributed by atoms with Crippen molar-refractivity contribution in [2.24, 2.45) is 0 Å². The first-order chi connectivity index (χ1) is 14.2. The Morgan fingerprint density at radius 1 is 1.14 bits per heavy atom. The highest BCUT2D eigenvalue weighted by Crippen LogP contribution is 2.40. The Morgan fingerprint density at radius 3 is 2.72 bits per heavy atom. The Labute approximate surface area is 171 Å². The van der Waals surface area contributed by atoms with Crippen LogP contribution in [0.5, 0.6) is 5.75 Å². The average Bonchev–Trinajstić information content (AvgIpc) is 3.17. The normalized spacial score (nSPS) is 21.4. The summed E-state index contributed by atoms with van der Waals surface area (Å²) in [5, 5.41) is 1.35. The van der Waals surface area contributed by atoms with Crippen molar-refractivity contribution in [2.45, 2.75) is 31.3 Å². The van der Waals surface area contributed by atoms with E-state index in [0.717, 1.165) is 38.1 Å². The van der Waals surface area contributed by atoms with Crippen molar-refractivity contribution in [3.63, 3.8) is 0 Å². The number of benzene rings is 2. The van der Waals surface area contributed by atoms with Crippen molar-refractivity contribution in [3.05, 3.63) is 65.4 Å². The molecule has 5 nitrogen and oxygen atoms in total. The molecule has 150 valence electrons. The highest BCUT2D eigenvalue weighted by molar-refractivity contribution is 5.94. The maximum absolute atomic E-state index is 13.1. The summed E-state index contributed by atoms with van der Waals surface area (Å²) in [6, 6.07) is 16.6. The summed E-state index contributed by atoms with van der Waals surface area (Å²) in [4.78, 5) is 21.3. The molecule has 3 aromatic rings. The van der Waals surface area contributed by atoms with Crippen LogP contribution in [0.4, 0.5) is 0 Å². The van der Waals surface area contributed by atoms with Crippen LogP contribution >= 0.6 is 0 Å². The number of piperidine rings is 1. The average molecular weight is 389 g/mol. The number of aromatic nitrogens is 1. The first kappa shape index (κ1) is 18.3. The monoisotopic (exact) mass is 389 g/mol. The van der Waals surface area contributed by atoms with E-state index < -0.39 is 0 Å². The van der Waals surface area contributed by atoms with Crippen LogP contribution in [-0.2, 0) is 6.42 Å². The van der Waals surface area contributed by atoms with E-state index in [9.17, 15) is 4.79 Å². The molecule has 1 aromatic heterocycles. The van der Waals surface area contributed by atoms with E-state index in [-0.39, 0.29) is 11.9 Å². The highest BCUT2D eigenvalue weighted by atomic mass is 16.5. The Bertz CT molecular complexity index is 1040. The van der Waals surface area contributed by atoms with Gasteiger partial charge in [0.2, 0.25) is 0 Å². The molecule has 5 rings (SSSR count). The summed E-state index contributed by atoms with van der Waals surface area (Å²) in [5.74, 6) is 0.852. The number of hydrogen-bond donors (Lipinski definition) is 1. The van der Waals surface area contributed by atoms with Gasteiger partial charge in [-0.3, -0.25) is 9.69 Å². The number of carbonyl (C=O) groups is 1. The lowest BCUT2D eigenvalue weighted by Crippen LogP contribution is -2.49. The van der Waals surface area contributed by atoms with Crippen LogP contribution in [0.3, 0.4) is 0 Å². The van der Waals surface area contributed by atoms with Crippen molar-refractivity contribution in [3.8, 4) is 5.75 Å².